The van der Waals surface area contributed by atoms with Crippen molar-refractivity contribution in [2.24, 2.45) is 0 Å². The van der Waals surface area contributed by atoms with Crippen molar-refractivity contribution >= 4 is 29.2 Å². The molecule has 0 aliphatic rings. The number of esters is 2. The minimum atomic E-state index is -0.979. The number of nitro benzene ring substituents is 1. The van der Waals surface area contributed by atoms with E-state index in [1.54, 1.807) is 0 Å². The maximum atomic E-state index is 12.3. The van der Waals surface area contributed by atoms with Crippen LogP contribution < -0.4 is 5.32 Å². The van der Waals surface area contributed by atoms with Crippen molar-refractivity contribution in [1.29, 1.82) is 0 Å². The summed E-state index contributed by atoms with van der Waals surface area (Å²) < 4.78 is 9.51. The van der Waals surface area contributed by atoms with E-state index in [4.69, 9.17) is 4.74 Å². The van der Waals surface area contributed by atoms with Crippen LogP contribution in [-0.4, -0.2) is 36.5 Å². The number of nitrogens with one attached hydrogen (secondary N) is 1. The Balaban J connectivity index is 2.14. The second-order valence-corrected chi connectivity index (χ2v) is 6.84. The van der Waals surface area contributed by atoms with E-state index in [0.29, 0.717) is 5.69 Å². The fourth-order valence-electron chi connectivity index (χ4n) is 2.80. The second-order valence-electron chi connectivity index (χ2n) is 6.84. The van der Waals surface area contributed by atoms with E-state index >= 15 is 0 Å². The first-order chi connectivity index (χ1) is 14.1. The molecule has 0 aromatic heterocycles. The summed E-state index contributed by atoms with van der Waals surface area (Å²) in [6.07, 6.45) is 0. The first-order valence-electron chi connectivity index (χ1n) is 9.08. The molecule has 0 saturated heterocycles. The molecule has 2 aromatic carbocycles. The van der Waals surface area contributed by atoms with Gasteiger partial charge in [0.2, 0.25) is 0 Å². The average molecular weight is 414 g/mol. The molecule has 0 heterocycles. The number of carbonyl (C=O) groups excluding carboxylic acids is 3. The van der Waals surface area contributed by atoms with Crippen LogP contribution in [0, 0.1) is 17.0 Å². The van der Waals surface area contributed by atoms with Crippen LogP contribution in [0.1, 0.15) is 51.6 Å². The van der Waals surface area contributed by atoms with E-state index in [-0.39, 0.29) is 17.0 Å². The standard InChI is InChI=1S/C21H22N2O7/c1-12(2)17-7-5-6-13(3)19(17)22-18(24)11-30-21(26)15-8-14(20(25)29-4)9-16(10-15)23(27)28/h5-10,12H,11H2,1-4H3,(H,22,24). The number of nitro groups is 1. The number of non-ortho nitro benzene ring substituents is 1. The van der Waals surface area contributed by atoms with Gasteiger partial charge in [0.25, 0.3) is 11.6 Å². The molecule has 0 bridgehead atoms. The second kappa shape index (κ2) is 9.64. The van der Waals surface area contributed by atoms with Crippen LogP contribution in [0.4, 0.5) is 11.4 Å². The van der Waals surface area contributed by atoms with Gasteiger partial charge in [-0.1, -0.05) is 32.0 Å². The van der Waals surface area contributed by atoms with Crippen molar-refractivity contribution in [3.63, 3.8) is 0 Å². The van der Waals surface area contributed by atoms with Crippen molar-refractivity contribution in [3.05, 3.63) is 68.8 Å². The monoisotopic (exact) mass is 414 g/mol. The molecule has 0 aliphatic carbocycles. The summed E-state index contributed by atoms with van der Waals surface area (Å²) in [4.78, 5) is 46.6. The number of methoxy groups -OCH3 is 1. The fraction of sp³-hybridized carbons (Fsp3) is 0.286. The van der Waals surface area contributed by atoms with Gasteiger partial charge in [-0.15, -0.1) is 0 Å². The van der Waals surface area contributed by atoms with Crippen LogP contribution in [0.2, 0.25) is 0 Å². The molecule has 9 nitrogen and oxygen atoms in total. The van der Waals surface area contributed by atoms with Crippen molar-refractivity contribution in [2.45, 2.75) is 26.7 Å². The summed E-state index contributed by atoms with van der Waals surface area (Å²) in [6, 6.07) is 8.70. The Morgan fingerprint density at radius 2 is 1.73 bits per heavy atom. The van der Waals surface area contributed by atoms with Crippen LogP contribution in [0.15, 0.2) is 36.4 Å². The summed E-state index contributed by atoms with van der Waals surface area (Å²) in [5.74, 6) is -2.21. The number of hydrogen-bond donors (Lipinski definition) is 1. The third-order valence-electron chi connectivity index (χ3n) is 4.31. The zero-order valence-corrected chi connectivity index (χ0v) is 17.1. The summed E-state index contributed by atoms with van der Waals surface area (Å²) in [5.41, 5.74) is 1.56. The number of amides is 1. The lowest BCUT2D eigenvalue weighted by atomic mass is 9.98. The molecular formula is C21H22N2O7. The normalized spacial score (nSPS) is 10.4. The average Bonchev–Trinajstić information content (AvgIpc) is 2.72. The molecule has 0 aliphatic heterocycles. The molecule has 0 atom stereocenters. The number of anilines is 1. The van der Waals surface area contributed by atoms with Crippen molar-refractivity contribution in [3.8, 4) is 0 Å². The smallest absolute Gasteiger partial charge is 0.338 e. The summed E-state index contributed by atoms with van der Waals surface area (Å²) in [5, 5.41) is 13.8. The number of hydrogen-bond acceptors (Lipinski definition) is 7. The lowest BCUT2D eigenvalue weighted by molar-refractivity contribution is -0.384. The minimum absolute atomic E-state index is 0.171. The predicted molar refractivity (Wildman–Crippen MR) is 109 cm³/mol. The molecule has 1 N–H and O–H groups in total. The highest BCUT2D eigenvalue weighted by molar-refractivity contribution is 5.98. The molecule has 30 heavy (non-hydrogen) atoms. The number of nitrogens with zero attached hydrogens (tertiary/aromatic N) is 1. The highest BCUT2D eigenvalue weighted by Crippen LogP contribution is 2.27. The van der Waals surface area contributed by atoms with Gasteiger partial charge < -0.3 is 14.8 Å². The van der Waals surface area contributed by atoms with Crippen molar-refractivity contribution in [2.75, 3.05) is 19.0 Å². The topological polar surface area (TPSA) is 125 Å². The molecule has 158 valence electrons. The molecule has 2 aromatic rings. The zero-order chi connectivity index (χ0) is 22.4. The lowest BCUT2D eigenvalue weighted by Crippen LogP contribution is -2.22. The van der Waals surface area contributed by atoms with Gasteiger partial charge in [0.15, 0.2) is 6.61 Å². The number of benzene rings is 2. The van der Waals surface area contributed by atoms with Crippen LogP contribution in [0.25, 0.3) is 0 Å². The van der Waals surface area contributed by atoms with Gasteiger partial charge in [-0.2, -0.15) is 0 Å². The predicted octanol–water partition coefficient (Wildman–Crippen LogP) is 3.61. The van der Waals surface area contributed by atoms with Crippen LogP contribution in [-0.2, 0) is 14.3 Å². The summed E-state index contributed by atoms with van der Waals surface area (Å²) >= 11 is 0. The highest BCUT2D eigenvalue weighted by atomic mass is 16.6. The van der Waals surface area contributed by atoms with Crippen molar-refractivity contribution in [1.82, 2.24) is 0 Å². The summed E-state index contributed by atoms with van der Waals surface area (Å²) in [7, 11) is 1.11. The van der Waals surface area contributed by atoms with E-state index < -0.39 is 35.1 Å². The van der Waals surface area contributed by atoms with Gasteiger partial charge in [-0.05, 0) is 30.0 Å². The van der Waals surface area contributed by atoms with E-state index in [9.17, 15) is 24.5 Å². The van der Waals surface area contributed by atoms with Crippen LogP contribution in [0.5, 0.6) is 0 Å². The molecular weight excluding hydrogens is 392 g/mol. The highest BCUT2D eigenvalue weighted by Gasteiger charge is 2.20. The number of carbonyl (C=O) groups is 3. The van der Waals surface area contributed by atoms with E-state index in [2.05, 4.69) is 10.1 Å². The van der Waals surface area contributed by atoms with Gasteiger partial charge >= 0.3 is 11.9 Å². The maximum Gasteiger partial charge on any atom is 0.338 e. The Morgan fingerprint density at radius 1 is 1.10 bits per heavy atom. The Hall–Kier alpha value is -3.75. The van der Waals surface area contributed by atoms with Gasteiger partial charge in [0.05, 0.1) is 23.2 Å². The van der Waals surface area contributed by atoms with Gasteiger partial charge in [0.1, 0.15) is 0 Å². The lowest BCUT2D eigenvalue weighted by Gasteiger charge is -2.16. The molecule has 9 heteroatoms. The quantitative estimate of drug-likeness (QED) is 0.417. The number of ether oxygens (including phenoxy) is 2. The zero-order valence-electron chi connectivity index (χ0n) is 17.1. The molecule has 0 unspecified atom stereocenters. The van der Waals surface area contributed by atoms with E-state index in [1.807, 2.05) is 39.0 Å². The summed E-state index contributed by atoms with van der Waals surface area (Å²) in [6.45, 7) is 5.24. The number of rotatable bonds is 7. The minimum Gasteiger partial charge on any atom is -0.465 e. The van der Waals surface area contributed by atoms with E-state index in [1.165, 1.54) is 0 Å². The Labute approximate surface area is 173 Å². The SMILES string of the molecule is COC(=O)c1cc(C(=O)OCC(=O)Nc2c(C)cccc2C(C)C)cc([N+](=O)[O-])c1. The van der Waals surface area contributed by atoms with Gasteiger partial charge in [-0.3, -0.25) is 14.9 Å². The largest absolute Gasteiger partial charge is 0.465 e. The fourth-order valence-corrected chi connectivity index (χ4v) is 2.80. The van der Waals surface area contributed by atoms with E-state index in [0.717, 1.165) is 36.4 Å². The first kappa shape index (κ1) is 22.5. The molecule has 0 radical (unpaired) electrons. The molecule has 0 fully saturated rings. The van der Waals surface area contributed by atoms with Gasteiger partial charge in [-0.25, -0.2) is 9.59 Å². The van der Waals surface area contributed by atoms with Crippen molar-refractivity contribution < 1.29 is 28.8 Å². The molecule has 0 spiro atoms. The number of aryl methyl sites for hydroxylation is 1. The molecule has 2 rings (SSSR count). The molecule has 1 amide bonds. The maximum absolute atomic E-state index is 12.3. The Morgan fingerprint density at radius 3 is 2.30 bits per heavy atom. The van der Waals surface area contributed by atoms with Crippen LogP contribution in [0.3, 0.4) is 0 Å². The van der Waals surface area contributed by atoms with Crippen LogP contribution >= 0.6 is 0 Å². The van der Waals surface area contributed by atoms with Gasteiger partial charge in [0, 0.05) is 17.8 Å². The Kier molecular flexibility index (Phi) is 7.24. The third kappa shape index (κ3) is 5.40. The first-order valence-corrected chi connectivity index (χ1v) is 9.08. The Bertz CT molecular complexity index is 999. The third-order valence-corrected chi connectivity index (χ3v) is 4.31. The molecule has 0 saturated carbocycles. The number of para-hydroxylation sites is 1.